The van der Waals surface area contributed by atoms with Gasteiger partial charge >= 0.3 is 0 Å². The van der Waals surface area contributed by atoms with Gasteiger partial charge in [-0.2, -0.15) is 0 Å². The van der Waals surface area contributed by atoms with E-state index in [4.69, 9.17) is 4.74 Å². The second kappa shape index (κ2) is 9.74. The van der Waals surface area contributed by atoms with Crippen molar-refractivity contribution in [2.45, 2.75) is 46.0 Å². The molecule has 2 unspecified atom stereocenters. The minimum atomic E-state index is -2.78. The van der Waals surface area contributed by atoms with Crippen molar-refractivity contribution in [2.24, 2.45) is 11.8 Å². The van der Waals surface area contributed by atoms with Gasteiger partial charge in [0.05, 0.1) is 11.5 Å². The Balaban J connectivity index is 2.35. The number of ether oxygens (including phenoxy) is 1. The third kappa shape index (κ3) is 7.04. The Kier molecular flexibility index (Phi) is 8.73. The van der Waals surface area contributed by atoms with Crippen molar-refractivity contribution in [1.82, 2.24) is 5.32 Å². The lowest BCUT2D eigenvalue weighted by atomic mass is 9.89. The van der Waals surface area contributed by atoms with Crippen molar-refractivity contribution in [1.29, 1.82) is 0 Å². The minimum Gasteiger partial charge on any atom is -0.381 e. The molecule has 0 spiro atoms. The lowest BCUT2D eigenvalue weighted by Crippen LogP contribution is -2.30. The molecule has 0 aromatic rings. The molecular weight excluding hydrogens is 274 g/mol. The van der Waals surface area contributed by atoms with Gasteiger partial charge in [-0.15, -0.1) is 0 Å². The molecule has 4 nitrogen and oxygen atoms in total. The average molecular weight is 305 g/mol. The van der Waals surface area contributed by atoms with Crippen LogP contribution in [0, 0.1) is 11.8 Å². The van der Waals surface area contributed by atoms with Crippen LogP contribution in [-0.4, -0.2) is 46.2 Å². The van der Waals surface area contributed by atoms with E-state index in [0.717, 1.165) is 58.4 Å². The lowest BCUT2D eigenvalue weighted by Gasteiger charge is -2.23. The van der Waals surface area contributed by atoms with E-state index in [1.54, 1.807) is 0 Å². The van der Waals surface area contributed by atoms with Gasteiger partial charge in [-0.05, 0) is 50.6 Å². The first-order chi connectivity index (χ1) is 9.59. The summed E-state index contributed by atoms with van der Waals surface area (Å²) < 4.78 is 28.9. The van der Waals surface area contributed by atoms with Crippen LogP contribution in [0.2, 0.25) is 0 Å². The second-order valence-electron chi connectivity index (χ2n) is 5.88. The summed E-state index contributed by atoms with van der Waals surface area (Å²) in [6, 6.07) is 0. The molecule has 1 fully saturated rings. The number of hydrogen-bond donors (Lipinski definition) is 1. The van der Waals surface area contributed by atoms with E-state index in [1.165, 1.54) is 0 Å². The molecule has 5 heteroatoms. The summed E-state index contributed by atoms with van der Waals surface area (Å²) in [5.74, 6) is 1.50. The summed E-state index contributed by atoms with van der Waals surface area (Å²) in [4.78, 5) is 0. The molecule has 1 N–H and O–H groups in total. The molecule has 0 aromatic heterocycles. The Labute approximate surface area is 124 Å². The first-order valence-electron chi connectivity index (χ1n) is 8.08. The summed E-state index contributed by atoms with van der Waals surface area (Å²) in [6.45, 7) is 7.82. The number of unbranched alkanes of at least 4 members (excludes halogenated alkanes) is 1. The maximum absolute atomic E-state index is 11.6. The summed E-state index contributed by atoms with van der Waals surface area (Å²) in [7, 11) is -2.78. The third-order valence-corrected chi connectivity index (χ3v) is 5.84. The van der Waals surface area contributed by atoms with Crippen LogP contribution in [0.25, 0.3) is 0 Å². The van der Waals surface area contributed by atoms with E-state index >= 15 is 0 Å². The number of rotatable bonds is 11. The standard InChI is InChI=1S/C15H31NO3S/c1-3-5-9-19-10-6-14(12-16-8-4-2)15-7-11-20(17,18)13-15/h14-16H,3-13H2,1-2H3. The monoisotopic (exact) mass is 305 g/mol. The molecule has 1 aliphatic rings. The molecule has 0 amide bonds. The van der Waals surface area contributed by atoms with Crippen LogP contribution in [0.4, 0.5) is 0 Å². The highest BCUT2D eigenvalue weighted by Crippen LogP contribution is 2.28. The zero-order chi connectivity index (χ0) is 14.8. The van der Waals surface area contributed by atoms with Gasteiger partial charge in [-0.25, -0.2) is 8.42 Å². The highest BCUT2D eigenvalue weighted by molar-refractivity contribution is 7.91. The Morgan fingerprint density at radius 3 is 2.65 bits per heavy atom. The van der Waals surface area contributed by atoms with Gasteiger partial charge in [-0.1, -0.05) is 20.3 Å². The van der Waals surface area contributed by atoms with Gasteiger partial charge in [0.2, 0.25) is 0 Å². The average Bonchev–Trinajstić information content (AvgIpc) is 2.77. The molecule has 1 rings (SSSR count). The third-order valence-electron chi connectivity index (χ3n) is 4.04. The van der Waals surface area contributed by atoms with Gasteiger partial charge in [0.1, 0.15) is 0 Å². The first kappa shape index (κ1) is 17.9. The van der Waals surface area contributed by atoms with Gasteiger partial charge in [0, 0.05) is 13.2 Å². The van der Waals surface area contributed by atoms with E-state index < -0.39 is 9.84 Å². The fourth-order valence-corrected chi connectivity index (χ4v) is 4.67. The van der Waals surface area contributed by atoms with E-state index in [1.807, 2.05) is 0 Å². The normalized spacial score (nSPS) is 23.0. The molecule has 1 aliphatic heterocycles. The molecule has 120 valence electrons. The summed E-state index contributed by atoms with van der Waals surface area (Å²) in [5.41, 5.74) is 0. The van der Waals surface area contributed by atoms with Gasteiger partial charge < -0.3 is 10.1 Å². The van der Waals surface area contributed by atoms with Crippen molar-refractivity contribution >= 4 is 9.84 Å². The topological polar surface area (TPSA) is 55.4 Å². The fourth-order valence-electron chi connectivity index (χ4n) is 2.75. The molecule has 0 radical (unpaired) electrons. The largest absolute Gasteiger partial charge is 0.381 e. The molecule has 1 heterocycles. The Hall–Kier alpha value is -0.130. The van der Waals surface area contributed by atoms with Gasteiger partial charge in [-0.3, -0.25) is 0 Å². The number of sulfone groups is 1. The predicted molar refractivity (Wildman–Crippen MR) is 83.8 cm³/mol. The second-order valence-corrected chi connectivity index (χ2v) is 8.11. The Morgan fingerprint density at radius 2 is 2.05 bits per heavy atom. The highest BCUT2D eigenvalue weighted by atomic mass is 32.2. The van der Waals surface area contributed by atoms with Crippen molar-refractivity contribution in [3.63, 3.8) is 0 Å². The van der Waals surface area contributed by atoms with E-state index in [2.05, 4.69) is 19.2 Å². The maximum atomic E-state index is 11.6. The summed E-state index contributed by atoms with van der Waals surface area (Å²) in [6.07, 6.45) is 5.18. The summed E-state index contributed by atoms with van der Waals surface area (Å²) >= 11 is 0. The number of nitrogens with one attached hydrogen (secondary N) is 1. The Bertz CT molecular complexity index is 343. The molecule has 0 saturated carbocycles. The van der Waals surface area contributed by atoms with Crippen LogP contribution in [0.3, 0.4) is 0 Å². The zero-order valence-electron chi connectivity index (χ0n) is 13.1. The van der Waals surface area contributed by atoms with Gasteiger partial charge in [0.15, 0.2) is 9.84 Å². The molecule has 0 aromatic carbocycles. The molecule has 0 aliphatic carbocycles. The van der Waals surface area contributed by atoms with Crippen molar-refractivity contribution in [2.75, 3.05) is 37.8 Å². The van der Waals surface area contributed by atoms with E-state index in [0.29, 0.717) is 23.3 Å². The SMILES string of the molecule is CCCCOCCC(CNCCC)C1CCS(=O)(=O)C1. The van der Waals surface area contributed by atoms with Gasteiger partial charge in [0.25, 0.3) is 0 Å². The predicted octanol–water partition coefficient (Wildman–Crippen LogP) is 2.24. The minimum absolute atomic E-state index is 0.319. The molecule has 0 bridgehead atoms. The lowest BCUT2D eigenvalue weighted by molar-refractivity contribution is 0.109. The zero-order valence-corrected chi connectivity index (χ0v) is 13.9. The van der Waals surface area contributed by atoms with Crippen LogP contribution in [0.15, 0.2) is 0 Å². The number of hydrogen-bond acceptors (Lipinski definition) is 4. The molecule has 20 heavy (non-hydrogen) atoms. The van der Waals surface area contributed by atoms with Crippen LogP contribution in [-0.2, 0) is 14.6 Å². The molecule has 2 atom stereocenters. The van der Waals surface area contributed by atoms with Crippen molar-refractivity contribution < 1.29 is 13.2 Å². The van der Waals surface area contributed by atoms with Crippen LogP contribution in [0.5, 0.6) is 0 Å². The van der Waals surface area contributed by atoms with E-state index in [9.17, 15) is 8.42 Å². The van der Waals surface area contributed by atoms with Crippen molar-refractivity contribution in [3.8, 4) is 0 Å². The molecular formula is C15H31NO3S. The molecule has 1 saturated heterocycles. The smallest absolute Gasteiger partial charge is 0.150 e. The fraction of sp³-hybridized carbons (Fsp3) is 1.00. The van der Waals surface area contributed by atoms with Crippen LogP contribution in [0.1, 0.15) is 46.0 Å². The van der Waals surface area contributed by atoms with Crippen LogP contribution >= 0.6 is 0 Å². The van der Waals surface area contributed by atoms with E-state index in [-0.39, 0.29) is 0 Å². The highest BCUT2D eigenvalue weighted by Gasteiger charge is 2.33. The summed E-state index contributed by atoms with van der Waals surface area (Å²) in [5, 5.41) is 3.44. The first-order valence-corrected chi connectivity index (χ1v) is 9.90. The Morgan fingerprint density at radius 1 is 1.25 bits per heavy atom. The quantitative estimate of drug-likeness (QED) is 0.595. The maximum Gasteiger partial charge on any atom is 0.150 e. The van der Waals surface area contributed by atoms with Crippen molar-refractivity contribution in [3.05, 3.63) is 0 Å². The van der Waals surface area contributed by atoms with Crippen LogP contribution < -0.4 is 5.32 Å².